The average Bonchev–Trinajstić information content (AvgIpc) is 2.92. The lowest BCUT2D eigenvalue weighted by Gasteiger charge is -2.26. The van der Waals surface area contributed by atoms with E-state index >= 15 is 0 Å². The molecule has 1 saturated heterocycles. The third-order valence-corrected chi connectivity index (χ3v) is 6.09. The minimum Gasteiger partial charge on any atom is -0.490 e. The van der Waals surface area contributed by atoms with E-state index in [1.165, 1.54) is 12.7 Å². The number of hydrogen-bond acceptors (Lipinski definition) is 4. The van der Waals surface area contributed by atoms with E-state index in [9.17, 15) is 13.2 Å². The zero-order chi connectivity index (χ0) is 15.7. The molecule has 22 heavy (non-hydrogen) atoms. The van der Waals surface area contributed by atoms with Crippen LogP contribution in [0.4, 0.5) is 0 Å². The van der Waals surface area contributed by atoms with Gasteiger partial charge in [-0.15, -0.1) is 0 Å². The minimum atomic E-state index is -3.08. The molecule has 1 atom stereocenters. The quantitative estimate of drug-likeness (QED) is 0.849. The molecule has 5 nitrogen and oxygen atoms in total. The molecule has 1 aliphatic carbocycles. The Kier molecular flexibility index (Phi) is 4.12. The molecule has 1 aromatic carbocycles. The summed E-state index contributed by atoms with van der Waals surface area (Å²) in [6.45, 7) is 0.787. The number of amides is 1. The van der Waals surface area contributed by atoms with E-state index in [0.717, 1.165) is 18.6 Å². The normalized spacial score (nSPS) is 22.4. The molecule has 1 unspecified atom stereocenters. The Labute approximate surface area is 131 Å². The molecule has 0 N–H and O–H groups in total. The number of carbonyl (C=O) groups is 1. The van der Waals surface area contributed by atoms with Gasteiger partial charge < -0.3 is 9.64 Å². The number of nitrogens with zero attached hydrogens (tertiary/aromatic N) is 1. The summed E-state index contributed by atoms with van der Waals surface area (Å²) >= 11 is 0. The van der Waals surface area contributed by atoms with Gasteiger partial charge in [0.1, 0.15) is 5.75 Å². The van der Waals surface area contributed by atoms with Gasteiger partial charge in [0, 0.05) is 24.9 Å². The highest BCUT2D eigenvalue weighted by molar-refractivity contribution is 7.91. The third kappa shape index (κ3) is 3.27. The van der Waals surface area contributed by atoms with E-state index in [-0.39, 0.29) is 12.5 Å². The number of benzene rings is 1. The molecule has 120 valence electrons. The number of sulfone groups is 1. The van der Waals surface area contributed by atoms with Crippen LogP contribution in [-0.4, -0.2) is 49.9 Å². The van der Waals surface area contributed by atoms with Gasteiger partial charge in [0.25, 0.3) is 5.91 Å². The Morgan fingerprint density at radius 3 is 2.36 bits per heavy atom. The summed E-state index contributed by atoms with van der Waals surface area (Å²) in [5.41, 5.74) is 0.579. The van der Waals surface area contributed by atoms with Crippen LogP contribution in [0.2, 0.25) is 0 Å². The van der Waals surface area contributed by atoms with Crippen molar-refractivity contribution in [3.05, 3.63) is 29.8 Å². The Bertz CT molecular complexity index is 649. The molecule has 1 saturated carbocycles. The SMILES string of the molecule is CS(=O)(=O)C1CCN(C(=O)c2ccc(OC3CCC3)cc2)C1. The number of ether oxygens (including phenoxy) is 1. The van der Waals surface area contributed by atoms with Crippen LogP contribution in [0, 0.1) is 0 Å². The maximum Gasteiger partial charge on any atom is 0.253 e. The first-order valence-electron chi connectivity index (χ1n) is 7.68. The van der Waals surface area contributed by atoms with Crippen LogP contribution in [0.3, 0.4) is 0 Å². The summed E-state index contributed by atoms with van der Waals surface area (Å²) < 4.78 is 28.9. The van der Waals surface area contributed by atoms with E-state index < -0.39 is 15.1 Å². The van der Waals surface area contributed by atoms with Crippen LogP contribution >= 0.6 is 0 Å². The van der Waals surface area contributed by atoms with E-state index in [0.29, 0.717) is 24.6 Å². The highest BCUT2D eigenvalue weighted by atomic mass is 32.2. The molecule has 2 fully saturated rings. The van der Waals surface area contributed by atoms with Gasteiger partial charge in [0.15, 0.2) is 9.84 Å². The fourth-order valence-corrected chi connectivity index (χ4v) is 3.79. The van der Waals surface area contributed by atoms with Crippen molar-refractivity contribution in [3.63, 3.8) is 0 Å². The molecule has 1 amide bonds. The van der Waals surface area contributed by atoms with Crippen molar-refractivity contribution in [2.45, 2.75) is 37.0 Å². The number of rotatable bonds is 4. The van der Waals surface area contributed by atoms with Crippen LogP contribution in [0.5, 0.6) is 5.75 Å². The first-order chi connectivity index (χ1) is 10.4. The van der Waals surface area contributed by atoms with Crippen LogP contribution in [0.15, 0.2) is 24.3 Å². The van der Waals surface area contributed by atoms with Crippen molar-refractivity contribution in [1.29, 1.82) is 0 Å². The molecular formula is C16H21NO4S. The molecule has 3 rings (SSSR count). The highest BCUT2D eigenvalue weighted by Gasteiger charge is 2.32. The summed E-state index contributed by atoms with van der Waals surface area (Å²) in [7, 11) is -3.08. The fourth-order valence-electron chi connectivity index (χ4n) is 2.80. The summed E-state index contributed by atoms with van der Waals surface area (Å²) in [6.07, 6.45) is 5.49. The second-order valence-electron chi connectivity index (χ2n) is 6.19. The molecule has 1 aliphatic heterocycles. The van der Waals surface area contributed by atoms with Gasteiger partial charge >= 0.3 is 0 Å². The number of likely N-dealkylation sites (tertiary alicyclic amines) is 1. The summed E-state index contributed by atoms with van der Waals surface area (Å²) in [5.74, 6) is 0.679. The Hall–Kier alpha value is -1.56. The molecule has 0 radical (unpaired) electrons. The second kappa shape index (κ2) is 5.91. The van der Waals surface area contributed by atoms with Gasteiger partial charge in [-0.2, -0.15) is 0 Å². The molecule has 1 heterocycles. The molecule has 1 aromatic rings. The molecule has 0 aromatic heterocycles. The van der Waals surface area contributed by atoms with Crippen LogP contribution < -0.4 is 4.74 Å². The topological polar surface area (TPSA) is 63.7 Å². The monoisotopic (exact) mass is 323 g/mol. The van der Waals surface area contributed by atoms with Gasteiger partial charge in [-0.3, -0.25) is 4.79 Å². The maximum absolute atomic E-state index is 12.4. The third-order valence-electron chi connectivity index (χ3n) is 4.49. The summed E-state index contributed by atoms with van der Waals surface area (Å²) in [6, 6.07) is 7.14. The zero-order valence-electron chi connectivity index (χ0n) is 12.7. The Balaban J connectivity index is 1.62. The molecule has 0 bridgehead atoms. The highest BCUT2D eigenvalue weighted by Crippen LogP contribution is 2.26. The van der Waals surface area contributed by atoms with Gasteiger partial charge in [-0.1, -0.05) is 0 Å². The lowest BCUT2D eigenvalue weighted by molar-refractivity contribution is 0.0793. The zero-order valence-corrected chi connectivity index (χ0v) is 13.5. The van der Waals surface area contributed by atoms with E-state index in [2.05, 4.69) is 0 Å². The summed E-state index contributed by atoms with van der Waals surface area (Å²) in [4.78, 5) is 14.0. The lowest BCUT2D eigenvalue weighted by Crippen LogP contribution is -2.31. The molecular weight excluding hydrogens is 302 g/mol. The Morgan fingerprint density at radius 2 is 1.86 bits per heavy atom. The van der Waals surface area contributed by atoms with Crippen molar-refractivity contribution in [3.8, 4) is 5.75 Å². The smallest absolute Gasteiger partial charge is 0.253 e. The number of carbonyl (C=O) groups excluding carboxylic acids is 1. The Morgan fingerprint density at radius 1 is 1.18 bits per heavy atom. The van der Waals surface area contributed by atoms with Crippen molar-refractivity contribution in [2.24, 2.45) is 0 Å². The maximum atomic E-state index is 12.4. The first kappa shape index (κ1) is 15.3. The van der Waals surface area contributed by atoms with Crippen LogP contribution in [-0.2, 0) is 9.84 Å². The minimum absolute atomic E-state index is 0.110. The standard InChI is InChI=1S/C16H21NO4S/c1-22(19,20)15-9-10-17(11-15)16(18)12-5-7-14(8-6-12)21-13-3-2-4-13/h5-8,13,15H,2-4,9-11H2,1H3. The lowest BCUT2D eigenvalue weighted by atomic mass is 9.96. The van der Waals surface area contributed by atoms with Gasteiger partial charge in [0.05, 0.1) is 11.4 Å². The fraction of sp³-hybridized carbons (Fsp3) is 0.562. The summed E-state index contributed by atoms with van der Waals surface area (Å²) in [5, 5.41) is -0.433. The van der Waals surface area contributed by atoms with Crippen molar-refractivity contribution in [1.82, 2.24) is 4.90 Å². The molecule has 0 spiro atoms. The van der Waals surface area contributed by atoms with Crippen LogP contribution in [0.25, 0.3) is 0 Å². The van der Waals surface area contributed by atoms with Gasteiger partial charge in [-0.25, -0.2) is 8.42 Å². The predicted molar refractivity (Wildman–Crippen MR) is 83.9 cm³/mol. The van der Waals surface area contributed by atoms with E-state index in [1.807, 2.05) is 12.1 Å². The van der Waals surface area contributed by atoms with Crippen molar-refractivity contribution < 1.29 is 17.9 Å². The van der Waals surface area contributed by atoms with Crippen molar-refractivity contribution in [2.75, 3.05) is 19.3 Å². The van der Waals surface area contributed by atoms with Crippen molar-refractivity contribution >= 4 is 15.7 Å². The average molecular weight is 323 g/mol. The van der Waals surface area contributed by atoms with E-state index in [4.69, 9.17) is 4.74 Å². The molecule has 2 aliphatic rings. The largest absolute Gasteiger partial charge is 0.490 e. The number of hydrogen-bond donors (Lipinski definition) is 0. The van der Waals surface area contributed by atoms with E-state index in [1.54, 1.807) is 17.0 Å². The van der Waals surface area contributed by atoms with Crippen LogP contribution in [0.1, 0.15) is 36.0 Å². The predicted octanol–water partition coefficient (Wildman–Crippen LogP) is 1.88. The molecule has 6 heteroatoms. The van der Waals surface area contributed by atoms with Gasteiger partial charge in [0.2, 0.25) is 0 Å². The van der Waals surface area contributed by atoms with Gasteiger partial charge in [-0.05, 0) is 49.9 Å². The second-order valence-corrected chi connectivity index (χ2v) is 8.51. The first-order valence-corrected chi connectivity index (χ1v) is 9.64.